The summed E-state index contributed by atoms with van der Waals surface area (Å²) in [5, 5.41) is 12.6. The normalized spacial score (nSPS) is 10.6. The third-order valence-electron chi connectivity index (χ3n) is 1.64. The van der Waals surface area contributed by atoms with E-state index in [9.17, 15) is 4.79 Å². The first-order valence-corrected chi connectivity index (χ1v) is 4.61. The number of carboxylic acid groups (broad SMARTS) is 1. The molecule has 0 aliphatic heterocycles. The van der Waals surface area contributed by atoms with E-state index >= 15 is 0 Å². The molecule has 0 heterocycles. The largest absolute Gasteiger partial charge is 0.478 e. The van der Waals surface area contributed by atoms with Gasteiger partial charge in [-0.3, -0.25) is 0 Å². The van der Waals surface area contributed by atoms with Crippen LogP contribution in [0, 0.1) is 0 Å². The second kappa shape index (κ2) is 5.00. The molecule has 1 rings (SSSR count). The average Bonchev–Trinajstić information content (AvgIpc) is 2.17. The molecule has 0 aliphatic rings. The van der Waals surface area contributed by atoms with E-state index < -0.39 is 5.97 Å². The van der Waals surface area contributed by atoms with Gasteiger partial charge in [-0.25, -0.2) is 4.79 Å². The van der Waals surface area contributed by atoms with Crippen LogP contribution in [-0.2, 0) is 4.84 Å². The molecule has 0 radical (unpaired) electrons. The molecule has 0 atom stereocenters. The number of carboxylic acids is 1. The molecular formula is C9H7Cl2NO3. The Kier molecular flexibility index (Phi) is 3.94. The first-order chi connectivity index (χ1) is 7.07. The first kappa shape index (κ1) is 11.8. The van der Waals surface area contributed by atoms with E-state index in [2.05, 4.69) is 9.99 Å². The highest BCUT2D eigenvalue weighted by Crippen LogP contribution is 2.26. The Bertz CT molecular complexity index is 418. The minimum Gasteiger partial charge on any atom is -0.478 e. The molecule has 0 aliphatic carbocycles. The number of nitrogens with zero attached hydrogens (tertiary/aromatic N) is 1. The fourth-order valence-corrected chi connectivity index (χ4v) is 1.51. The maximum absolute atomic E-state index is 10.8. The van der Waals surface area contributed by atoms with Crippen LogP contribution in [0.1, 0.15) is 15.9 Å². The van der Waals surface area contributed by atoms with Crippen molar-refractivity contribution in [3.8, 4) is 0 Å². The number of carbonyl (C=O) groups is 1. The predicted octanol–water partition coefficient (Wildman–Crippen LogP) is 2.67. The molecule has 6 heteroatoms. The van der Waals surface area contributed by atoms with Gasteiger partial charge in [-0.05, 0) is 12.1 Å². The van der Waals surface area contributed by atoms with E-state index in [-0.39, 0.29) is 10.6 Å². The van der Waals surface area contributed by atoms with E-state index in [1.54, 1.807) is 0 Å². The van der Waals surface area contributed by atoms with Gasteiger partial charge < -0.3 is 9.94 Å². The molecule has 0 spiro atoms. The Hall–Kier alpha value is -1.26. The minimum atomic E-state index is -1.12. The summed E-state index contributed by atoms with van der Waals surface area (Å²) in [4.78, 5) is 15.2. The lowest BCUT2D eigenvalue weighted by Gasteiger charge is -2.04. The van der Waals surface area contributed by atoms with Crippen molar-refractivity contribution in [1.29, 1.82) is 0 Å². The standard InChI is InChI=1S/C9H7Cl2NO3/c1-15-12-4-6-7(10)3-2-5(8(6)11)9(13)14/h2-4H,1H3,(H,13,14)/b12-4-. The lowest BCUT2D eigenvalue weighted by molar-refractivity contribution is 0.0697. The van der Waals surface area contributed by atoms with Crippen LogP contribution in [0.2, 0.25) is 10.0 Å². The fourth-order valence-electron chi connectivity index (χ4n) is 0.958. The van der Waals surface area contributed by atoms with Gasteiger partial charge >= 0.3 is 5.97 Å². The summed E-state index contributed by atoms with van der Waals surface area (Å²) in [5.41, 5.74) is 0.290. The van der Waals surface area contributed by atoms with Gasteiger partial charge in [0.05, 0.1) is 21.8 Å². The van der Waals surface area contributed by atoms with Crippen LogP contribution < -0.4 is 0 Å². The molecule has 1 aromatic carbocycles. The van der Waals surface area contributed by atoms with Crippen LogP contribution in [0.25, 0.3) is 0 Å². The van der Waals surface area contributed by atoms with Crippen molar-refractivity contribution in [2.24, 2.45) is 5.16 Å². The summed E-state index contributed by atoms with van der Waals surface area (Å²) in [7, 11) is 1.36. The molecular weight excluding hydrogens is 241 g/mol. The lowest BCUT2D eigenvalue weighted by atomic mass is 10.1. The van der Waals surface area contributed by atoms with Crippen molar-refractivity contribution in [3.63, 3.8) is 0 Å². The number of halogens is 2. The Morgan fingerprint density at radius 2 is 2.20 bits per heavy atom. The quantitative estimate of drug-likeness (QED) is 0.660. The highest BCUT2D eigenvalue weighted by molar-refractivity contribution is 6.40. The molecule has 0 amide bonds. The Morgan fingerprint density at radius 1 is 1.53 bits per heavy atom. The van der Waals surface area contributed by atoms with Crippen molar-refractivity contribution in [3.05, 3.63) is 33.3 Å². The molecule has 0 aromatic heterocycles. The summed E-state index contributed by atoms with van der Waals surface area (Å²) in [6.45, 7) is 0. The smallest absolute Gasteiger partial charge is 0.337 e. The van der Waals surface area contributed by atoms with E-state index in [4.69, 9.17) is 28.3 Å². The van der Waals surface area contributed by atoms with Gasteiger partial charge in [0.1, 0.15) is 7.11 Å². The van der Waals surface area contributed by atoms with Gasteiger partial charge in [-0.1, -0.05) is 28.4 Å². The van der Waals surface area contributed by atoms with Crippen LogP contribution in [0.4, 0.5) is 0 Å². The van der Waals surface area contributed by atoms with Crippen molar-refractivity contribution in [2.45, 2.75) is 0 Å². The van der Waals surface area contributed by atoms with Crippen LogP contribution in [0.3, 0.4) is 0 Å². The molecule has 4 nitrogen and oxygen atoms in total. The topological polar surface area (TPSA) is 58.9 Å². The Labute approximate surface area is 96.1 Å². The summed E-state index contributed by atoms with van der Waals surface area (Å²) < 4.78 is 0. The second-order valence-corrected chi connectivity index (χ2v) is 3.33. The third kappa shape index (κ3) is 2.61. The van der Waals surface area contributed by atoms with E-state index in [1.165, 1.54) is 25.5 Å². The molecule has 0 unspecified atom stereocenters. The zero-order valence-electron chi connectivity index (χ0n) is 7.70. The van der Waals surface area contributed by atoms with Crippen LogP contribution >= 0.6 is 23.2 Å². The van der Waals surface area contributed by atoms with Crippen molar-refractivity contribution in [1.82, 2.24) is 0 Å². The highest BCUT2D eigenvalue weighted by atomic mass is 35.5. The lowest BCUT2D eigenvalue weighted by Crippen LogP contribution is -2.00. The average molecular weight is 248 g/mol. The SMILES string of the molecule is CO/N=C\c1c(Cl)ccc(C(=O)O)c1Cl. The van der Waals surface area contributed by atoms with Gasteiger partial charge in [0.2, 0.25) is 0 Å². The molecule has 0 saturated carbocycles. The number of hydrogen-bond acceptors (Lipinski definition) is 3. The van der Waals surface area contributed by atoms with Crippen LogP contribution in [0.15, 0.2) is 17.3 Å². The maximum Gasteiger partial charge on any atom is 0.337 e. The zero-order chi connectivity index (χ0) is 11.4. The predicted molar refractivity (Wildman–Crippen MR) is 58.0 cm³/mol. The van der Waals surface area contributed by atoms with Crippen molar-refractivity contribution >= 4 is 35.4 Å². The van der Waals surface area contributed by atoms with Gasteiger partial charge in [0, 0.05) is 5.56 Å². The summed E-state index contributed by atoms with van der Waals surface area (Å²) in [6.07, 6.45) is 1.26. The maximum atomic E-state index is 10.8. The number of benzene rings is 1. The number of rotatable bonds is 3. The third-order valence-corrected chi connectivity index (χ3v) is 2.38. The van der Waals surface area contributed by atoms with E-state index in [0.29, 0.717) is 10.6 Å². The van der Waals surface area contributed by atoms with Crippen molar-refractivity contribution < 1.29 is 14.7 Å². The second-order valence-electron chi connectivity index (χ2n) is 2.54. The summed E-state index contributed by atoms with van der Waals surface area (Å²) in [5.74, 6) is -1.12. The van der Waals surface area contributed by atoms with E-state index in [0.717, 1.165) is 0 Å². The zero-order valence-corrected chi connectivity index (χ0v) is 9.21. The highest BCUT2D eigenvalue weighted by Gasteiger charge is 2.14. The molecule has 0 bridgehead atoms. The summed E-state index contributed by atoms with van der Waals surface area (Å²) in [6, 6.07) is 2.77. The molecule has 80 valence electrons. The molecule has 1 aromatic rings. The van der Waals surface area contributed by atoms with Crippen LogP contribution in [-0.4, -0.2) is 24.4 Å². The Balaban J connectivity index is 3.30. The molecule has 15 heavy (non-hydrogen) atoms. The van der Waals surface area contributed by atoms with Crippen LogP contribution in [0.5, 0.6) is 0 Å². The molecule has 0 saturated heterocycles. The Morgan fingerprint density at radius 3 is 2.73 bits per heavy atom. The number of hydrogen-bond donors (Lipinski definition) is 1. The molecule has 1 N–H and O–H groups in total. The van der Waals surface area contributed by atoms with Gasteiger partial charge in [-0.2, -0.15) is 0 Å². The van der Waals surface area contributed by atoms with Gasteiger partial charge in [0.25, 0.3) is 0 Å². The summed E-state index contributed by atoms with van der Waals surface area (Å²) >= 11 is 11.7. The van der Waals surface area contributed by atoms with Gasteiger partial charge in [0.15, 0.2) is 0 Å². The number of oxime groups is 1. The number of aromatic carboxylic acids is 1. The fraction of sp³-hybridized carbons (Fsp3) is 0.111. The van der Waals surface area contributed by atoms with Crippen molar-refractivity contribution in [2.75, 3.05) is 7.11 Å². The van der Waals surface area contributed by atoms with E-state index in [1.807, 2.05) is 0 Å². The first-order valence-electron chi connectivity index (χ1n) is 3.85. The monoisotopic (exact) mass is 247 g/mol. The molecule has 0 fully saturated rings. The van der Waals surface area contributed by atoms with Gasteiger partial charge in [-0.15, -0.1) is 0 Å². The minimum absolute atomic E-state index is 0.0291.